The van der Waals surface area contributed by atoms with E-state index in [2.05, 4.69) is 26.5 Å². The molecule has 0 fully saturated rings. The Hall–Kier alpha value is -2.24. The summed E-state index contributed by atoms with van der Waals surface area (Å²) >= 11 is 0. The topological polar surface area (TPSA) is 80.9 Å². The molecule has 0 saturated heterocycles. The number of pyridine rings is 1. The van der Waals surface area contributed by atoms with E-state index < -0.39 is 5.54 Å². The van der Waals surface area contributed by atoms with Crippen LogP contribution in [-0.4, -0.2) is 21.0 Å². The highest BCUT2D eigenvalue weighted by Crippen LogP contribution is 2.32. The zero-order valence-electron chi connectivity index (χ0n) is 14.7. The lowest BCUT2D eigenvalue weighted by atomic mass is 9.88. The molecule has 1 N–H and O–H groups in total. The molecule has 1 amide bonds. The smallest absolute Gasteiger partial charge is 0.252 e. The third-order valence-electron chi connectivity index (χ3n) is 4.95. The molecule has 1 aliphatic rings. The van der Waals surface area contributed by atoms with Crippen molar-refractivity contribution < 1.29 is 9.32 Å². The van der Waals surface area contributed by atoms with Gasteiger partial charge in [0.2, 0.25) is 11.7 Å². The summed E-state index contributed by atoms with van der Waals surface area (Å²) in [5.74, 6) is 0.896. The molecular weight excluding hydrogens is 304 g/mol. The average Bonchev–Trinajstić information content (AvgIpc) is 3.03. The lowest BCUT2D eigenvalue weighted by Gasteiger charge is -2.30. The summed E-state index contributed by atoms with van der Waals surface area (Å²) < 4.78 is 5.52. The molecule has 1 atom stereocenters. The first-order valence-corrected chi connectivity index (χ1v) is 8.52. The molecule has 1 unspecified atom stereocenters. The van der Waals surface area contributed by atoms with Gasteiger partial charge in [0.05, 0.1) is 0 Å². The molecule has 0 saturated carbocycles. The van der Waals surface area contributed by atoms with E-state index in [9.17, 15) is 4.79 Å². The lowest BCUT2D eigenvalue weighted by molar-refractivity contribution is -0.121. The monoisotopic (exact) mass is 328 g/mol. The number of aromatic nitrogens is 3. The molecule has 0 radical (unpaired) electrons. The highest BCUT2D eigenvalue weighted by molar-refractivity contribution is 5.74. The molecule has 2 aromatic heterocycles. The highest BCUT2D eigenvalue weighted by Gasteiger charge is 2.37. The van der Waals surface area contributed by atoms with Crippen molar-refractivity contribution in [3.63, 3.8) is 0 Å². The van der Waals surface area contributed by atoms with Crippen LogP contribution in [-0.2, 0) is 23.2 Å². The molecular formula is C18H24N4O2. The molecule has 2 heterocycles. The van der Waals surface area contributed by atoms with Gasteiger partial charge < -0.3 is 9.84 Å². The van der Waals surface area contributed by atoms with E-state index in [1.54, 1.807) is 0 Å². The van der Waals surface area contributed by atoms with E-state index in [1.807, 2.05) is 27.0 Å². The summed E-state index contributed by atoms with van der Waals surface area (Å²) in [7, 11) is 0. The number of nitrogens with zero attached hydrogens (tertiary/aromatic N) is 3. The van der Waals surface area contributed by atoms with Crippen LogP contribution in [0.5, 0.6) is 0 Å². The van der Waals surface area contributed by atoms with E-state index in [1.165, 1.54) is 24.5 Å². The van der Waals surface area contributed by atoms with Crippen LogP contribution in [0.1, 0.15) is 57.6 Å². The summed E-state index contributed by atoms with van der Waals surface area (Å²) in [6.45, 7) is 7.43. The van der Waals surface area contributed by atoms with E-state index in [4.69, 9.17) is 4.52 Å². The number of aryl methyl sites for hydroxylation is 1. The summed E-state index contributed by atoms with van der Waals surface area (Å²) in [4.78, 5) is 20.7. The second-order valence-corrected chi connectivity index (χ2v) is 6.97. The first-order chi connectivity index (χ1) is 11.4. The van der Waals surface area contributed by atoms with E-state index >= 15 is 0 Å². The number of amides is 1. The van der Waals surface area contributed by atoms with Crippen molar-refractivity contribution >= 4 is 5.91 Å². The highest BCUT2D eigenvalue weighted by atomic mass is 16.5. The van der Waals surface area contributed by atoms with Gasteiger partial charge in [-0.05, 0) is 55.7 Å². The number of carbonyl (C=O) groups excluding carboxylic acids is 1. The number of rotatable bonds is 4. The van der Waals surface area contributed by atoms with Gasteiger partial charge in [-0.3, -0.25) is 9.78 Å². The normalized spacial score (nSPS) is 16.5. The van der Waals surface area contributed by atoms with Crippen molar-refractivity contribution in [1.82, 2.24) is 20.4 Å². The fraction of sp³-hybridized carbons (Fsp3) is 0.556. The Kier molecular flexibility index (Phi) is 4.39. The fourth-order valence-electron chi connectivity index (χ4n) is 3.20. The molecule has 1 aliphatic carbocycles. The summed E-state index contributed by atoms with van der Waals surface area (Å²) in [6.07, 6.45) is 6.25. The molecule has 6 nitrogen and oxygen atoms in total. The van der Waals surface area contributed by atoms with Gasteiger partial charge in [0.1, 0.15) is 11.2 Å². The molecule has 128 valence electrons. The molecule has 24 heavy (non-hydrogen) atoms. The van der Waals surface area contributed by atoms with Crippen molar-refractivity contribution in [3.8, 4) is 11.5 Å². The summed E-state index contributed by atoms with van der Waals surface area (Å²) in [6, 6.07) is 2.08. The maximum atomic E-state index is 11.6. The predicted octanol–water partition coefficient (Wildman–Crippen LogP) is 3.02. The molecule has 0 bridgehead atoms. The van der Waals surface area contributed by atoms with Crippen molar-refractivity contribution in [2.24, 2.45) is 5.92 Å². The van der Waals surface area contributed by atoms with Crippen molar-refractivity contribution in [1.29, 1.82) is 0 Å². The van der Waals surface area contributed by atoms with Crippen LogP contribution in [0.4, 0.5) is 0 Å². The van der Waals surface area contributed by atoms with Gasteiger partial charge in [0.15, 0.2) is 0 Å². The maximum absolute atomic E-state index is 11.6. The number of hydrogen-bond donors (Lipinski definition) is 1. The summed E-state index contributed by atoms with van der Waals surface area (Å²) in [5, 5.41) is 7.09. The largest absolute Gasteiger partial charge is 0.342 e. The van der Waals surface area contributed by atoms with Crippen LogP contribution in [0.3, 0.4) is 0 Å². The minimum atomic E-state index is -0.702. The standard InChI is InChI=1S/C18H24N4O2/c1-11(2)18(4,21-12(3)23)17-20-16(22-24-17)15-14-8-6-5-7-13(14)9-10-19-15/h9-11H,5-8H2,1-4H3,(H,21,23). The number of hydrogen-bond acceptors (Lipinski definition) is 5. The lowest BCUT2D eigenvalue weighted by Crippen LogP contribution is -2.46. The first-order valence-electron chi connectivity index (χ1n) is 8.52. The van der Waals surface area contributed by atoms with Gasteiger partial charge in [-0.2, -0.15) is 4.98 Å². The fourth-order valence-corrected chi connectivity index (χ4v) is 3.20. The van der Waals surface area contributed by atoms with Gasteiger partial charge in [0.25, 0.3) is 5.89 Å². The molecule has 0 aromatic carbocycles. The van der Waals surface area contributed by atoms with Gasteiger partial charge in [-0.25, -0.2) is 0 Å². The minimum absolute atomic E-state index is 0.104. The molecule has 6 heteroatoms. The first kappa shape index (κ1) is 16.6. The van der Waals surface area contributed by atoms with E-state index in [-0.39, 0.29) is 11.8 Å². The van der Waals surface area contributed by atoms with Crippen molar-refractivity contribution in [2.75, 3.05) is 0 Å². The van der Waals surface area contributed by atoms with Crippen LogP contribution < -0.4 is 5.32 Å². The van der Waals surface area contributed by atoms with Crippen LogP contribution >= 0.6 is 0 Å². The summed E-state index contributed by atoms with van der Waals surface area (Å²) in [5.41, 5.74) is 2.65. The zero-order valence-corrected chi connectivity index (χ0v) is 14.7. The quantitative estimate of drug-likeness (QED) is 0.933. The Morgan fingerprint density at radius 2 is 2.08 bits per heavy atom. The molecule has 0 aliphatic heterocycles. The predicted molar refractivity (Wildman–Crippen MR) is 90.2 cm³/mol. The Bertz CT molecular complexity index is 753. The van der Waals surface area contributed by atoms with Crippen LogP contribution in [0.25, 0.3) is 11.5 Å². The van der Waals surface area contributed by atoms with Gasteiger partial charge in [0, 0.05) is 13.1 Å². The van der Waals surface area contributed by atoms with Crippen molar-refractivity contribution in [3.05, 3.63) is 29.3 Å². The Balaban J connectivity index is 2.00. The van der Waals surface area contributed by atoms with Crippen molar-refractivity contribution in [2.45, 2.75) is 58.9 Å². The average molecular weight is 328 g/mol. The number of nitrogens with one attached hydrogen (secondary N) is 1. The number of carbonyl (C=O) groups is 1. The van der Waals surface area contributed by atoms with Crippen LogP contribution in [0.2, 0.25) is 0 Å². The Morgan fingerprint density at radius 1 is 1.33 bits per heavy atom. The maximum Gasteiger partial charge on any atom is 0.252 e. The minimum Gasteiger partial charge on any atom is -0.342 e. The molecule has 2 aromatic rings. The molecule has 0 spiro atoms. The van der Waals surface area contributed by atoms with Crippen LogP contribution in [0, 0.1) is 5.92 Å². The second-order valence-electron chi connectivity index (χ2n) is 6.97. The Labute approximate surface area is 142 Å². The van der Waals surface area contributed by atoms with Gasteiger partial charge in [-0.15, -0.1) is 0 Å². The van der Waals surface area contributed by atoms with Gasteiger partial charge >= 0.3 is 0 Å². The zero-order chi connectivity index (χ0) is 17.3. The third-order valence-corrected chi connectivity index (χ3v) is 4.95. The Morgan fingerprint density at radius 3 is 2.79 bits per heavy atom. The van der Waals surface area contributed by atoms with Gasteiger partial charge in [-0.1, -0.05) is 19.0 Å². The number of fused-ring (bicyclic) bond motifs is 1. The SMILES string of the molecule is CC(=O)NC(C)(c1nc(-c2nccc3c2CCCC3)no1)C(C)C. The third kappa shape index (κ3) is 2.92. The van der Waals surface area contributed by atoms with E-state index in [0.29, 0.717) is 11.7 Å². The van der Waals surface area contributed by atoms with Crippen LogP contribution in [0.15, 0.2) is 16.8 Å². The molecule has 3 rings (SSSR count). The van der Waals surface area contributed by atoms with E-state index in [0.717, 1.165) is 25.0 Å². The second kappa shape index (κ2) is 6.34.